The zero-order valence-electron chi connectivity index (χ0n) is 15.5. The van der Waals surface area contributed by atoms with Crippen molar-refractivity contribution < 1.29 is 17.9 Å². The molecule has 1 atom stereocenters. The molecule has 7 nitrogen and oxygen atoms in total. The molecule has 2 aliphatic rings. The maximum atomic E-state index is 12.8. The summed E-state index contributed by atoms with van der Waals surface area (Å²) in [5, 5.41) is 0. The van der Waals surface area contributed by atoms with E-state index in [0.717, 1.165) is 19.3 Å². The smallest absolute Gasteiger partial charge is 0.253 e. The lowest BCUT2D eigenvalue weighted by atomic mass is 10.2. The van der Waals surface area contributed by atoms with E-state index in [2.05, 4.69) is 4.98 Å². The normalized spacial score (nSPS) is 20.4. The van der Waals surface area contributed by atoms with Crippen molar-refractivity contribution in [3.8, 4) is 5.88 Å². The molecule has 2 saturated heterocycles. The van der Waals surface area contributed by atoms with Gasteiger partial charge in [-0.05, 0) is 43.2 Å². The molecule has 1 amide bonds. The first-order valence-corrected chi connectivity index (χ1v) is 11.0. The molecule has 2 fully saturated rings. The molecule has 1 aromatic carbocycles. The summed E-state index contributed by atoms with van der Waals surface area (Å²) in [7, 11) is -3.46. The van der Waals surface area contributed by atoms with Gasteiger partial charge in [-0.2, -0.15) is 4.31 Å². The second kappa shape index (κ2) is 7.89. The zero-order valence-corrected chi connectivity index (χ0v) is 16.3. The maximum absolute atomic E-state index is 12.8. The number of sulfonamides is 1. The quantitative estimate of drug-likeness (QED) is 0.767. The third kappa shape index (κ3) is 3.88. The largest absolute Gasteiger partial charge is 0.472 e. The molecule has 3 heterocycles. The van der Waals surface area contributed by atoms with Gasteiger partial charge in [0.1, 0.15) is 6.10 Å². The van der Waals surface area contributed by atoms with E-state index in [1.165, 1.54) is 16.4 Å². The summed E-state index contributed by atoms with van der Waals surface area (Å²) in [5.74, 6) is 0.440. The zero-order chi connectivity index (χ0) is 19.6. The average molecular weight is 401 g/mol. The molecule has 0 saturated carbocycles. The number of hydrogen-bond donors (Lipinski definition) is 0. The molecular weight excluding hydrogens is 378 g/mol. The number of nitrogens with zero attached hydrogens (tertiary/aromatic N) is 3. The summed E-state index contributed by atoms with van der Waals surface area (Å²) >= 11 is 0. The van der Waals surface area contributed by atoms with E-state index in [1.54, 1.807) is 29.3 Å². The van der Waals surface area contributed by atoms with Gasteiger partial charge in [0, 0.05) is 43.9 Å². The average Bonchev–Trinajstić information content (AvgIpc) is 3.41. The van der Waals surface area contributed by atoms with Crippen LogP contribution in [0.25, 0.3) is 0 Å². The highest BCUT2D eigenvalue weighted by molar-refractivity contribution is 7.89. The van der Waals surface area contributed by atoms with Crippen LogP contribution in [0, 0.1) is 0 Å². The van der Waals surface area contributed by atoms with E-state index in [0.29, 0.717) is 37.6 Å². The molecular formula is C20H23N3O4S. The van der Waals surface area contributed by atoms with E-state index >= 15 is 0 Å². The number of ether oxygens (including phenoxy) is 1. The van der Waals surface area contributed by atoms with Crippen LogP contribution in [-0.4, -0.2) is 60.8 Å². The van der Waals surface area contributed by atoms with Crippen molar-refractivity contribution in [3.63, 3.8) is 0 Å². The van der Waals surface area contributed by atoms with E-state index in [-0.39, 0.29) is 16.9 Å². The monoisotopic (exact) mass is 401 g/mol. The Morgan fingerprint density at radius 2 is 1.79 bits per heavy atom. The van der Waals surface area contributed by atoms with Crippen LogP contribution in [0.15, 0.2) is 53.6 Å². The summed E-state index contributed by atoms with van der Waals surface area (Å²) < 4.78 is 32.5. The Balaban J connectivity index is 1.40. The Kier molecular flexibility index (Phi) is 5.32. The Bertz CT molecular complexity index is 926. The third-order valence-corrected chi connectivity index (χ3v) is 7.07. The summed E-state index contributed by atoms with van der Waals surface area (Å²) in [4.78, 5) is 18.9. The van der Waals surface area contributed by atoms with Crippen LogP contribution < -0.4 is 4.74 Å². The molecule has 0 N–H and O–H groups in total. The Hall–Kier alpha value is -2.45. The molecule has 8 heteroatoms. The van der Waals surface area contributed by atoms with Gasteiger partial charge in [0.15, 0.2) is 0 Å². The first-order chi connectivity index (χ1) is 13.5. The van der Waals surface area contributed by atoms with Crippen LogP contribution in [0.3, 0.4) is 0 Å². The van der Waals surface area contributed by atoms with Crippen LogP contribution >= 0.6 is 0 Å². The first-order valence-electron chi connectivity index (χ1n) is 9.51. The van der Waals surface area contributed by atoms with Gasteiger partial charge in [-0.15, -0.1) is 0 Å². The van der Waals surface area contributed by atoms with Gasteiger partial charge in [-0.25, -0.2) is 13.4 Å². The molecule has 4 rings (SSSR count). The minimum Gasteiger partial charge on any atom is -0.472 e. The molecule has 28 heavy (non-hydrogen) atoms. The van der Waals surface area contributed by atoms with Crippen LogP contribution in [0.4, 0.5) is 0 Å². The predicted molar refractivity (Wildman–Crippen MR) is 104 cm³/mol. The lowest BCUT2D eigenvalue weighted by molar-refractivity contribution is 0.0771. The fraction of sp³-hybridized carbons (Fsp3) is 0.400. The number of carbonyl (C=O) groups is 1. The second-order valence-electron chi connectivity index (χ2n) is 7.08. The molecule has 2 aliphatic heterocycles. The third-order valence-electron chi connectivity index (χ3n) is 5.16. The van der Waals surface area contributed by atoms with Gasteiger partial charge in [-0.1, -0.05) is 6.07 Å². The molecule has 0 spiro atoms. The summed E-state index contributed by atoms with van der Waals surface area (Å²) in [6.45, 7) is 2.22. The molecule has 148 valence electrons. The van der Waals surface area contributed by atoms with Gasteiger partial charge in [-0.3, -0.25) is 4.79 Å². The van der Waals surface area contributed by atoms with Gasteiger partial charge < -0.3 is 9.64 Å². The van der Waals surface area contributed by atoms with Gasteiger partial charge in [0.05, 0.1) is 11.4 Å². The van der Waals surface area contributed by atoms with Gasteiger partial charge in [0.25, 0.3) is 5.91 Å². The fourth-order valence-electron chi connectivity index (χ4n) is 3.63. The van der Waals surface area contributed by atoms with Gasteiger partial charge in [0.2, 0.25) is 15.9 Å². The number of hydrogen-bond acceptors (Lipinski definition) is 5. The lowest BCUT2D eigenvalue weighted by Gasteiger charge is -2.18. The SMILES string of the molecule is O=C(c1ccc(S(=O)(=O)N2CCCC2)cc1)N1CCC(Oc2ccccn2)C1. The summed E-state index contributed by atoms with van der Waals surface area (Å²) in [6, 6.07) is 11.7. The Labute approximate surface area is 165 Å². The van der Waals surface area contributed by atoms with Crippen molar-refractivity contribution in [1.82, 2.24) is 14.2 Å². The topological polar surface area (TPSA) is 79.8 Å². The van der Waals surface area contributed by atoms with E-state index in [4.69, 9.17) is 4.74 Å². The van der Waals surface area contributed by atoms with Crippen molar-refractivity contribution in [1.29, 1.82) is 0 Å². The molecule has 0 radical (unpaired) electrons. The number of amides is 1. The van der Waals surface area contributed by atoms with Crippen LogP contribution in [-0.2, 0) is 10.0 Å². The Morgan fingerprint density at radius 1 is 1.04 bits per heavy atom. The first kappa shape index (κ1) is 18.9. The standard InChI is InChI=1S/C20H23N3O4S/c24-20(22-14-10-17(15-22)27-19-5-1-2-11-21-19)16-6-8-18(9-7-16)28(25,26)23-12-3-4-13-23/h1-2,5-9,11,17H,3-4,10,12-15H2. The summed E-state index contributed by atoms with van der Waals surface area (Å²) in [5.41, 5.74) is 0.485. The summed E-state index contributed by atoms with van der Waals surface area (Å²) in [6.07, 6.45) is 4.11. The van der Waals surface area contributed by atoms with Gasteiger partial charge >= 0.3 is 0 Å². The lowest BCUT2D eigenvalue weighted by Crippen LogP contribution is -2.31. The highest BCUT2D eigenvalue weighted by Crippen LogP contribution is 2.23. The van der Waals surface area contributed by atoms with Crippen molar-refractivity contribution in [2.45, 2.75) is 30.3 Å². The van der Waals surface area contributed by atoms with Crippen molar-refractivity contribution in [2.24, 2.45) is 0 Å². The number of aromatic nitrogens is 1. The van der Waals surface area contributed by atoms with Crippen LogP contribution in [0.2, 0.25) is 0 Å². The van der Waals surface area contributed by atoms with Crippen molar-refractivity contribution in [3.05, 3.63) is 54.2 Å². The van der Waals surface area contributed by atoms with Crippen molar-refractivity contribution >= 4 is 15.9 Å². The molecule has 1 unspecified atom stereocenters. The minimum absolute atomic E-state index is 0.0892. The van der Waals surface area contributed by atoms with Crippen LogP contribution in [0.5, 0.6) is 5.88 Å². The number of pyridine rings is 1. The van der Waals surface area contributed by atoms with Crippen LogP contribution in [0.1, 0.15) is 29.6 Å². The Morgan fingerprint density at radius 3 is 2.46 bits per heavy atom. The molecule has 2 aromatic rings. The number of carbonyl (C=O) groups excluding carboxylic acids is 1. The second-order valence-corrected chi connectivity index (χ2v) is 9.02. The number of benzene rings is 1. The molecule has 0 bridgehead atoms. The number of rotatable bonds is 5. The highest BCUT2D eigenvalue weighted by atomic mass is 32.2. The van der Waals surface area contributed by atoms with E-state index in [9.17, 15) is 13.2 Å². The van der Waals surface area contributed by atoms with E-state index in [1.807, 2.05) is 12.1 Å². The highest BCUT2D eigenvalue weighted by Gasteiger charge is 2.30. The van der Waals surface area contributed by atoms with E-state index < -0.39 is 10.0 Å². The molecule has 0 aliphatic carbocycles. The number of likely N-dealkylation sites (tertiary alicyclic amines) is 1. The van der Waals surface area contributed by atoms with Crippen molar-refractivity contribution in [2.75, 3.05) is 26.2 Å². The fourth-order valence-corrected chi connectivity index (χ4v) is 5.14. The minimum atomic E-state index is -3.46. The molecule has 1 aromatic heterocycles. The maximum Gasteiger partial charge on any atom is 0.253 e. The predicted octanol–water partition coefficient (Wildman–Crippen LogP) is 2.16.